The Bertz CT molecular complexity index is 769. The minimum atomic E-state index is 1.15. The summed E-state index contributed by atoms with van der Waals surface area (Å²) in [6, 6.07) is 6.85. The first-order valence-electron chi connectivity index (χ1n) is 10.5. The molecule has 2 aliphatic carbocycles. The van der Waals surface area contributed by atoms with E-state index in [1.807, 2.05) is 41.5 Å². The molecule has 1 aromatic carbocycles. The van der Waals surface area contributed by atoms with Gasteiger partial charge in [-0.1, -0.05) is 71.4 Å². The molecule has 0 saturated carbocycles. The highest BCUT2D eigenvalue weighted by molar-refractivity contribution is 5.93. The molecule has 0 amide bonds. The van der Waals surface area contributed by atoms with Crippen LogP contribution < -0.4 is 0 Å². The van der Waals surface area contributed by atoms with Crippen molar-refractivity contribution >= 4 is 22.7 Å². The van der Waals surface area contributed by atoms with Gasteiger partial charge in [0.25, 0.3) is 0 Å². The molecule has 1 heterocycles. The van der Waals surface area contributed by atoms with Crippen LogP contribution in [0.3, 0.4) is 0 Å². The average Bonchev–Trinajstić information content (AvgIpc) is 3.07. The van der Waals surface area contributed by atoms with Gasteiger partial charge in [0.15, 0.2) is 0 Å². The zero-order valence-electron chi connectivity index (χ0n) is 17.9. The monoisotopic (exact) mass is 351 g/mol. The molecule has 0 radical (unpaired) electrons. The van der Waals surface area contributed by atoms with Crippen LogP contribution in [-0.4, -0.2) is 4.57 Å². The van der Waals surface area contributed by atoms with Gasteiger partial charge in [0.1, 0.15) is 0 Å². The van der Waals surface area contributed by atoms with Crippen LogP contribution in [0, 0.1) is 6.92 Å². The van der Waals surface area contributed by atoms with Gasteiger partial charge in [0.05, 0.1) is 5.52 Å². The van der Waals surface area contributed by atoms with Gasteiger partial charge in [0, 0.05) is 16.8 Å². The SMILES string of the molecule is CC.CC.CC.Cc1ccc2c(c1)c1c(n2C2=CCCC=C2)C=CCC1. The minimum Gasteiger partial charge on any atom is -0.310 e. The van der Waals surface area contributed by atoms with Gasteiger partial charge in [-0.2, -0.15) is 0 Å². The maximum atomic E-state index is 2.44. The van der Waals surface area contributed by atoms with Crippen molar-refractivity contribution in [2.24, 2.45) is 0 Å². The van der Waals surface area contributed by atoms with E-state index >= 15 is 0 Å². The molecule has 1 nitrogen and oxygen atoms in total. The van der Waals surface area contributed by atoms with Gasteiger partial charge in [-0.15, -0.1) is 0 Å². The molecule has 1 heteroatoms. The number of benzene rings is 1. The zero-order chi connectivity index (χ0) is 19.5. The van der Waals surface area contributed by atoms with Gasteiger partial charge < -0.3 is 4.57 Å². The van der Waals surface area contributed by atoms with Crippen LogP contribution in [-0.2, 0) is 6.42 Å². The third-order valence-electron chi connectivity index (χ3n) is 4.34. The van der Waals surface area contributed by atoms with E-state index in [4.69, 9.17) is 0 Å². The van der Waals surface area contributed by atoms with Crippen molar-refractivity contribution in [3.63, 3.8) is 0 Å². The van der Waals surface area contributed by atoms with Crippen molar-refractivity contribution in [1.82, 2.24) is 4.57 Å². The van der Waals surface area contributed by atoms with E-state index in [2.05, 4.69) is 60.1 Å². The van der Waals surface area contributed by atoms with Crippen LogP contribution in [0.4, 0.5) is 0 Å². The molecule has 2 aromatic rings. The first-order valence-corrected chi connectivity index (χ1v) is 10.5. The Morgan fingerprint density at radius 1 is 0.808 bits per heavy atom. The lowest BCUT2D eigenvalue weighted by Crippen LogP contribution is -2.02. The molecule has 0 atom stereocenters. The van der Waals surface area contributed by atoms with E-state index in [1.165, 1.54) is 39.8 Å². The van der Waals surface area contributed by atoms with Crippen LogP contribution >= 0.6 is 0 Å². The second-order valence-electron chi connectivity index (χ2n) is 5.77. The van der Waals surface area contributed by atoms with Gasteiger partial charge in [-0.25, -0.2) is 0 Å². The molecular weight excluding hydrogens is 314 g/mol. The Hall–Kier alpha value is -2.02. The Morgan fingerprint density at radius 3 is 2.15 bits per heavy atom. The second-order valence-corrected chi connectivity index (χ2v) is 5.77. The van der Waals surface area contributed by atoms with E-state index in [0.717, 1.165) is 19.3 Å². The quantitative estimate of drug-likeness (QED) is 0.488. The Labute approximate surface area is 161 Å². The molecule has 0 unspecified atom stereocenters. The summed E-state index contributed by atoms with van der Waals surface area (Å²) in [6.07, 6.45) is 16.2. The normalized spacial score (nSPS) is 14.0. The molecule has 0 saturated heterocycles. The van der Waals surface area contributed by atoms with E-state index in [0.29, 0.717) is 0 Å². The number of aromatic nitrogens is 1. The lowest BCUT2D eigenvalue weighted by atomic mass is 10.00. The van der Waals surface area contributed by atoms with Crippen molar-refractivity contribution in [3.05, 3.63) is 59.3 Å². The fourth-order valence-corrected chi connectivity index (χ4v) is 3.39. The summed E-state index contributed by atoms with van der Waals surface area (Å²) in [7, 11) is 0. The molecule has 2 aliphatic rings. The summed E-state index contributed by atoms with van der Waals surface area (Å²) in [5, 5.41) is 1.43. The van der Waals surface area contributed by atoms with Gasteiger partial charge in [-0.3, -0.25) is 0 Å². The summed E-state index contributed by atoms with van der Waals surface area (Å²) >= 11 is 0. The number of fused-ring (bicyclic) bond motifs is 3. The van der Waals surface area contributed by atoms with Crippen LogP contribution in [0.2, 0.25) is 0 Å². The molecule has 142 valence electrons. The Morgan fingerprint density at radius 2 is 1.50 bits per heavy atom. The molecule has 0 N–H and O–H groups in total. The standard InChI is InChI=1S/C19H19N.3C2H6/c1-14-11-12-19-17(13-14)16-9-5-6-10-18(16)20(19)15-7-3-2-4-8-15;3*1-2/h3,6-8,10-13H,2,4-5,9H2,1H3;3*1-2H3. The number of hydrogen-bond donors (Lipinski definition) is 0. The molecule has 0 bridgehead atoms. The van der Waals surface area contributed by atoms with Gasteiger partial charge >= 0.3 is 0 Å². The van der Waals surface area contributed by atoms with Crippen molar-refractivity contribution in [2.45, 2.75) is 74.1 Å². The van der Waals surface area contributed by atoms with Crippen molar-refractivity contribution < 1.29 is 0 Å². The van der Waals surface area contributed by atoms with Crippen molar-refractivity contribution in [1.29, 1.82) is 0 Å². The summed E-state index contributed by atoms with van der Waals surface area (Å²) in [5.41, 5.74) is 6.93. The highest BCUT2D eigenvalue weighted by Gasteiger charge is 2.18. The lowest BCUT2D eigenvalue weighted by Gasteiger charge is -2.14. The van der Waals surface area contributed by atoms with Crippen LogP contribution in [0.1, 0.15) is 77.6 Å². The lowest BCUT2D eigenvalue weighted by molar-refractivity contribution is 0.963. The summed E-state index contributed by atoms with van der Waals surface area (Å²) in [5.74, 6) is 0. The number of rotatable bonds is 1. The van der Waals surface area contributed by atoms with E-state index in [-0.39, 0.29) is 0 Å². The van der Waals surface area contributed by atoms with Gasteiger partial charge in [-0.05, 0) is 62.5 Å². The number of aryl methyl sites for hydroxylation is 2. The predicted molar refractivity (Wildman–Crippen MR) is 121 cm³/mol. The van der Waals surface area contributed by atoms with Crippen LogP contribution in [0.25, 0.3) is 22.7 Å². The maximum absolute atomic E-state index is 2.44. The zero-order valence-corrected chi connectivity index (χ0v) is 17.9. The maximum Gasteiger partial charge on any atom is 0.0537 e. The third kappa shape index (κ3) is 4.58. The van der Waals surface area contributed by atoms with E-state index in [9.17, 15) is 0 Å². The van der Waals surface area contributed by atoms with Crippen molar-refractivity contribution in [3.8, 4) is 0 Å². The minimum absolute atomic E-state index is 1.15. The van der Waals surface area contributed by atoms with E-state index in [1.54, 1.807) is 0 Å². The van der Waals surface area contributed by atoms with Crippen LogP contribution in [0.15, 0.2) is 42.5 Å². The van der Waals surface area contributed by atoms with E-state index < -0.39 is 0 Å². The summed E-state index contributed by atoms with van der Waals surface area (Å²) < 4.78 is 2.44. The highest BCUT2D eigenvalue weighted by Crippen LogP contribution is 2.35. The van der Waals surface area contributed by atoms with Gasteiger partial charge in [0.2, 0.25) is 0 Å². The summed E-state index contributed by atoms with van der Waals surface area (Å²) in [4.78, 5) is 0. The molecule has 0 spiro atoms. The molecule has 0 fully saturated rings. The number of hydrogen-bond acceptors (Lipinski definition) is 0. The highest BCUT2D eigenvalue weighted by atomic mass is 15.0. The molecule has 0 aliphatic heterocycles. The number of nitrogens with zero attached hydrogens (tertiary/aromatic N) is 1. The predicted octanol–water partition coefficient (Wildman–Crippen LogP) is 8.18. The number of allylic oxidation sites excluding steroid dienone is 5. The molecule has 26 heavy (non-hydrogen) atoms. The third-order valence-corrected chi connectivity index (χ3v) is 4.34. The smallest absolute Gasteiger partial charge is 0.0537 e. The largest absolute Gasteiger partial charge is 0.310 e. The van der Waals surface area contributed by atoms with Crippen LogP contribution in [0.5, 0.6) is 0 Å². The molecular formula is C25H37N. The topological polar surface area (TPSA) is 4.93 Å². The average molecular weight is 352 g/mol. The fourth-order valence-electron chi connectivity index (χ4n) is 3.39. The Balaban J connectivity index is 0.000000515. The van der Waals surface area contributed by atoms with Crippen molar-refractivity contribution in [2.75, 3.05) is 0 Å². The molecule has 4 rings (SSSR count). The fraction of sp³-hybridized carbons (Fsp3) is 0.440. The summed E-state index contributed by atoms with van der Waals surface area (Å²) in [6.45, 7) is 14.2. The second kappa shape index (κ2) is 11.6. The Kier molecular flexibility index (Phi) is 9.80. The first kappa shape index (κ1) is 22.0. The molecule has 1 aromatic heterocycles. The first-order chi connectivity index (χ1) is 12.8.